The maximum Gasteiger partial charge on any atom is 0.220 e. The lowest BCUT2D eigenvalue weighted by molar-refractivity contribution is -0.124. The molecule has 0 saturated heterocycles. The molecular weight excluding hydrogens is 242 g/mol. The minimum atomic E-state index is -0.501. The molecule has 104 valence electrons. The van der Waals surface area contributed by atoms with Gasteiger partial charge < -0.3 is 15.2 Å². The summed E-state index contributed by atoms with van der Waals surface area (Å²) in [6.45, 7) is 2.08. The highest BCUT2D eigenvalue weighted by Crippen LogP contribution is 2.11. The lowest BCUT2D eigenvalue weighted by Crippen LogP contribution is -2.37. The van der Waals surface area contributed by atoms with Crippen LogP contribution in [0.3, 0.4) is 0 Å². The molecule has 1 aromatic rings. The van der Waals surface area contributed by atoms with Crippen LogP contribution in [0.1, 0.15) is 38.2 Å². The highest BCUT2D eigenvalue weighted by molar-refractivity contribution is 5.79. The smallest absolute Gasteiger partial charge is 0.220 e. The van der Waals surface area contributed by atoms with Crippen molar-refractivity contribution in [3.63, 3.8) is 0 Å². The standard InChI is InChI=1S/C15H21NO3/c1-2-3-4-5-15(19)16-13(11-17)10-12-6-8-14(18)9-7-12/h6-9,11,13,18H,2-5,10H2,1H3,(H,16,19). The number of unbranched alkanes of at least 4 members (excludes halogenated alkanes) is 2. The number of nitrogens with one attached hydrogen (secondary N) is 1. The van der Waals surface area contributed by atoms with Crippen molar-refractivity contribution in [2.24, 2.45) is 0 Å². The number of hydrogen-bond donors (Lipinski definition) is 2. The molecule has 0 radical (unpaired) electrons. The Morgan fingerprint density at radius 2 is 2.00 bits per heavy atom. The molecule has 1 amide bonds. The molecule has 4 nitrogen and oxygen atoms in total. The second-order valence-electron chi connectivity index (χ2n) is 4.64. The molecule has 0 aliphatic rings. The predicted octanol–water partition coefficient (Wildman–Crippen LogP) is 2.20. The second-order valence-corrected chi connectivity index (χ2v) is 4.64. The van der Waals surface area contributed by atoms with Gasteiger partial charge in [0.25, 0.3) is 0 Å². The number of phenols is 1. The molecular formula is C15H21NO3. The van der Waals surface area contributed by atoms with Crippen LogP contribution < -0.4 is 5.32 Å². The van der Waals surface area contributed by atoms with E-state index in [1.807, 2.05) is 0 Å². The maximum absolute atomic E-state index is 11.6. The van der Waals surface area contributed by atoms with Gasteiger partial charge in [-0.1, -0.05) is 31.9 Å². The number of carbonyl (C=O) groups is 2. The average Bonchev–Trinajstić information content (AvgIpc) is 2.41. The van der Waals surface area contributed by atoms with Crippen molar-refractivity contribution in [2.45, 2.75) is 45.1 Å². The summed E-state index contributed by atoms with van der Waals surface area (Å²) in [5, 5.41) is 11.9. The lowest BCUT2D eigenvalue weighted by Gasteiger charge is -2.12. The van der Waals surface area contributed by atoms with Gasteiger partial charge in [0.05, 0.1) is 6.04 Å². The Labute approximate surface area is 113 Å². The average molecular weight is 263 g/mol. The van der Waals surface area contributed by atoms with Crippen molar-refractivity contribution >= 4 is 12.2 Å². The van der Waals surface area contributed by atoms with E-state index in [0.29, 0.717) is 12.8 Å². The number of aldehydes is 1. The Balaban J connectivity index is 2.42. The normalized spacial score (nSPS) is 11.8. The maximum atomic E-state index is 11.6. The number of carbonyl (C=O) groups excluding carboxylic acids is 2. The third-order valence-electron chi connectivity index (χ3n) is 2.91. The minimum Gasteiger partial charge on any atom is -0.508 e. The fraction of sp³-hybridized carbons (Fsp3) is 0.467. The molecule has 19 heavy (non-hydrogen) atoms. The fourth-order valence-electron chi connectivity index (χ4n) is 1.83. The summed E-state index contributed by atoms with van der Waals surface area (Å²) in [4.78, 5) is 22.6. The van der Waals surface area contributed by atoms with E-state index >= 15 is 0 Å². The van der Waals surface area contributed by atoms with Crippen LogP contribution in [0, 0.1) is 0 Å². The van der Waals surface area contributed by atoms with E-state index in [9.17, 15) is 14.7 Å². The van der Waals surface area contributed by atoms with Crippen LogP contribution in [0.15, 0.2) is 24.3 Å². The van der Waals surface area contributed by atoms with Crippen molar-refractivity contribution < 1.29 is 14.7 Å². The predicted molar refractivity (Wildman–Crippen MR) is 73.9 cm³/mol. The van der Waals surface area contributed by atoms with E-state index in [-0.39, 0.29) is 11.7 Å². The molecule has 0 heterocycles. The summed E-state index contributed by atoms with van der Waals surface area (Å²) < 4.78 is 0. The van der Waals surface area contributed by atoms with Crippen LogP contribution in [-0.4, -0.2) is 23.3 Å². The van der Waals surface area contributed by atoms with E-state index in [1.54, 1.807) is 24.3 Å². The van der Waals surface area contributed by atoms with Crippen LogP contribution in [0.4, 0.5) is 0 Å². The summed E-state index contributed by atoms with van der Waals surface area (Å²) in [5.74, 6) is 0.110. The molecule has 2 N–H and O–H groups in total. The number of rotatable bonds is 8. The molecule has 1 rings (SSSR count). The zero-order valence-electron chi connectivity index (χ0n) is 11.3. The van der Waals surface area contributed by atoms with Gasteiger partial charge in [-0.2, -0.15) is 0 Å². The highest BCUT2D eigenvalue weighted by atomic mass is 16.3. The Bertz CT molecular complexity index is 400. The molecule has 0 saturated carbocycles. The molecule has 4 heteroatoms. The van der Waals surface area contributed by atoms with Gasteiger partial charge in [0.1, 0.15) is 12.0 Å². The summed E-state index contributed by atoms with van der Waals surface area (Å²) in [7, 11) is 0. The monoisotopic (exact) mass is 263 g/mol. The summed E-state index contributed by atoms with van der Waals surface area (Å²) in [5.41, 5.74) is 0.906. The molecule has 1 atom stereocenters. The van der Waals surface area contributed by atoms with Gasteiger partial charge in [0.2, 0.25) is 5.91 Å². The van der Waals surface area contributed by atoms with Crippen molar-refractivity contribution in [2.75, 3.05) is 0 Å². The third-order valence-corrected chi connectivity index (χ3v) is 2.91. The van der Waals surface area contributed by atoms with Crippen LogP contribution in [0.2, 0.25) is 0 Å². The lowest BCUT2D eigenvalue weighted by atomic mass is 10.1. The van der Waals surface area contributed by atoms with Gasteiger partial charge in [-0.3, -0.25) is 4.79 Å². The first kappa shape index (κ1) is 15.2. The number of aromatic hydroxyl groups is 1. The third kappa shape index (κ3) is 6.04. The number of hydrogen-bond acceptors (Lipinski definition) is 3. The van der Waals surface area contributed by atoms with Crippen LogP contribution in [0.25, 0.3) is 0 Å². The fourth-order valence-corrected chi connectivity index (χ4v) is 1.83. The van der Waals surface area contributed by atoms with Crippen molar-refractivity contribution in [3.8, 4) is 5.75 Å². The van der Waals surface area contributed by atoms with Crippen LogP contribution in [0.5, 0.6) is 5.75 Å². The molecule has 1 unspecified atom stereocenters. The first-order valence-electron chi connectivity index (χ1n) is 6.68. The second kappa shape index (κ2) is 8.29. The molecule has 0 bridgehead atoms. The Hall–Kier alpha value is -1.84. The number of amides is 1. The van der Waals surface area contributed by atoms with Gasteiger partial charge in [-0.25, -0.2) is 0 Å². The van der Waals surface area contributed by atoms with E-state index in [0.717, 1.165) is 31.1 Å². The van der Waals surface area contributed by atoms with E-state index in [2.05, 4.69) is 12.2 Å². The van der Waals surface area contributed by atoms with E-state index < -0.39 is 6.04 Å². The summed E-state index contributed by atoms with van der Waals surface area (Å²) >= 11 is 0. The Kier molecular flexibility index (Phi) is 6.64. The van der Waals surface area contributed by atoms with Gasteiger partial charge in [-0.05, 0) is 30.5 Å². The molecule has 0 spiro atoms. The zero-order valence-corrected chi connectivity index (χ0v) is 11.3. The van der Waals surface area contributed by atoms with Gasteiger partial charge in [0.15, 0.2) is 0 Å². The largest absolute Gasteiger partial charge is 0.508 e. The van der Waals surface area contributed by atoms with Crippen molar-refractivity contribution in [1.82, 2.24) is 5.32 Å². The molecule has 0 aliphatic carbocycles. The zero-order chi connectivity index (χ0) is 14.1. The van der Waals surface area contributed by atoms with Gasteiger partial charge in [-0.15, -0.1) is 0 Å². The molecule has 0 aromatic heterocycles. The van der Waals surface area contributed by atoms with Gasteiger partial charge in [0, 0.05) is 6.42 Å². The number of phenolic OH excluding ortho intramolecular Hbond substituents is 1. The number of benzene rings is 1. The summed E-state index contributed by atoms with van der Waals surface area (Å²) in [6.07, 6.45) is 4.61. The van der Waals surface area contributed by atoms with Gasteiger partial charge >= 0.3 is 0 Å². The topological polar surface area (TPSA) is 66.4 Å². The van der Waals surface area contributed by atoms with Crippen molar-refractivity contribution in [3.05, 3.63) is 29.8 Å². The molecule has 1 aromatic carbocycles. The molecule has 0 aliphatic heterocycles. The quantitative estimate of drug-likeness (QED) is 0.558. The Morgan fingerprint density at radius 3 is 2.58 bits per heavy atom. The van der Waals surface area contributed by atoms with E-state index in [1.165, 1.54) is 0 Å². The summed E-state index contributed by atoms with van der Waals surface area (Å²) in [6, 6.07) is 6.13. The van der Waals surface area contributed by atoms with Crippen molar-refractivity contribution in [1.29, 1.82) is 0 Å². The van der Waals surface area contributed by atoms with E-state index in [4.69, 9.17) is 0 Å². The first-order valence-corrected chi connectivity index (χ1v) is 6.68. The van der Waals surface area contributed by atoms with Crippen LogP contribution in [-0.2, 0) is 16.0 Å². The minimum absolute atomic E-state index is 0.0793. The first-order chi connectivity index (χ1) is 9.15. The highest BCUT2D eigenvalue weighted by Gasteiger charge is 2.11. The van der Waals surface area contributed by atoms with Crippen LogP contribution >= 0.6 is 0 Å². The SMILES string of the molecule is CCCCCC(=O)NC(C=O)Cc1ccc(O)cc1. The molecule has 0 fully saturated rings. The Morgan fingerprint density at radius 1 is 1.32 bits per heavy atom.